The fraction of sp³-hybridized carbons (Fsp3) is 0.520. The molecule has 8 nitrogen and oxygen atoms in total. The number of fused-ring (bicyclic) bond motifs is 1. The normalized spacial score (nSPS) is 23.7. The molecule has 2 atom stereocenters. The molecule has 1 aliphatic carbocycles. The van der Waals surface area contributed by atoms with Crippen LogP contribution in [0.5, 0.6) is 0 Å². The van der Waals surface area contributed by atoms with E-state index in [4.69, 9.17) is 9.72 Å². The average Bonchev–Trinajstić information content (AvgIpc) is 2.88. The highest BCUT2D eigenvalue weighted by atomic mass is 16.5. The van der Waals surface area contributed by atoms with Gasteiger partial charge in [-0.3, -0.25) is 9.78 Å². The highest BCUT2D eigenvalue weighted by molar-refractivity contribution is 5.96. The number of nitrogens with zero attached hydrogens (tertiary/aromatic N) is 4. The van der Waals surface area contributed by atoms with E-state index in [1.807, 2.05) is 23.1 Å². The summed E-state index contributed by atoms with van der Waals surface area (Å²) in [5, 5.41) is 7.02. The zero-order chi connectivity index (χ0) is 22.6. The Balaban J connectivity index is 1.40. The van der Waals surface area contributed by atoms with Crippen molar-refractivity contribution in [3.05, 3.63) is 41.9 Å². The van der Waals surface area contributed by atoms with E-state index in [1.165, 1.54) is 12.8 Å². The zero-order valence-electron chi connectivity index (χ0n) is 19.2. The summed E-state index contributed by atoms with van der Waals surface area (Å²) in [6.07, 6.45) is 10.7. The lowest BCUT2D eigenvalue weighted by molar-refractivity contribution is -0.131. The number of hydrogen-bond acceptors (Lipinski definition) is 7. The van der Waals surface area contributed by atoms with E-state index in [9.17, 15) is 4.79 Å². The van der Waals surface area contributed by atoms with E-state index in [0.29, 0.717) is 32.2 Å². The quantitative estimate of drug-likeness (QED) is 0.726. The van der Waals surface area contributed by atoms with Gasteiger partial charge >= 0.3 is 0 Å². The standard InChI is InChI=1S/C25H32N6O2/c1-17-13-19(4-5-20(17)25(32)31-9-11-33-12-10-31)21-14-22-23(28-8-7-27-22)24(30-21)29-16-18-3-2-6-26-15-18/h4-5,7-8,14,17-18,26H,2-3,6,9-13,15-16H2,1H3,(H,29,30). The molecule has 0 aromatic carbocycles. The lowest BCUT2D eigenvalue weighted by Gasteiger charge is -2.30. The van der Waals surface area contributed by atoms with Crippen molar-refractivity contribution in [3.63, 3.8) is 0 Å². The third-order valence-electron chi connectivity index (χ3n) is 6.81. The van der Waals surface area contributed by atoms with Crippen LogP contribution in [0.4, 0.5) is 5.82 Å². The van der Waals surface area contributed by atoms with Gasteiger partial charge in [-0.1, -0.05) is 19.1 Å². The minimum Gasteiger partial charge on any atom is -0.378 e. The van der Waals surface area contributed by atoms with Gasteiger partial charge in [-0.25, -0.2) is 9.97 Å². The molecule has 2 aromatic rings. The van der Waals surface area contributed by atoms with Crippen LogP contribution in [0.3, 0.4) is 0 Å². The summed E-state index contributed by atoms with van der Waals surface area (Å²) >= 11 is 0. The molecule has 0 spiro atoms. The van der Waals surface area contributed by atoms with E-state index in [2.05, 4.69) is 27.5 Å². The molecule has 2 aliphatic heterocycles. The molecule has 0 bridgehead atoms. The molecule has 8 heteroatoms. The summed E-state index contributed by atoms with van der Waals surface area (Å²) in [7, 11) is 0. The van der Waals surface area contributed by atoms with Crippen LogP contribution in [0.1, 0.15) is 31.9 Å². The molecule has 4 heterocycles. The van der Waals surface area contributed by atoms with Gasteiger partial charge in [-0.2, -0.15) is 0 Å². The van der Waals surface area contributed by atoms with Crippen molar-refractivity contribution in [1.82, 2.24) is 25.2 Å². The Morgan fingerprint density at radius 2 is 2.09 bits per heavy atom. The fourth-order valence-electron chi connectivity index (χ4n) is 4.88. The van der Waals surface area contributed by atoms with Gasteiger partial charge in [-0.05, 0) is 55.8 Å². The molecule has 2 fully saturated rings. The molecule has 174 valence electrons. The first kappa shape index (κ1) is 22.0. The van der Waals surface area contributed by atoms with Crippen LogP contribution in [0.2, 0.25) is 0 Å². The SMILES string of the molecule is CC1CC(c2cc3nccnc3c(NCC3CCCNC3)n2)=CC=C1C(=O)N1CCOCC1. The molecule has 0 radical (unpaired) electrons. The van der Waals surface area contributed by atoms with Crippen LogP contribution >= 0.6 is 0 Å². The Bertz CT molecular complexity index is 1070. The number of ether oxygens (including phenoxy) is 1. The summed E-state index contributed by atoms with van der Waals surface area (Å²) < 4.78 is 5.39. The van der Waals surface area contributed by atoms with Gasteiger partial charge < -0.3 is 20.3 Å². The van der Waals surface area contributed by atoms with Crippen LogP contribution in [0.25, 0.3) is 16.6 Å². The summed E-state index contributed by atoms with van der Waals surface area (Å²) in [6.45, 7) is 7.67. The maximum Gasteiger partial charge on any atom is 0.250 e. The molecule has 2 saturated heterocycles. The number of carbonyl (C=O) groups excluding carboxylic acids is 1. The zero-order valence-corrected chi connectivity index (χ0v) is 19.2. The molecular weight excluding hydrogens is 416 g/mol. The Kier molecular flexibility index (Phi) is 6.64. The molecule has 0 saturated carbocycles. The van der Waals surface area contributed by atoms with Crippen LogP contribution in [0.15, 0.2) is 36.2 Å². The molecule has 33 heavy (non-hydrogen) atoms. The number of allylic oxidation sites excluding steroid dienone is 3. The van der Waals surface area contributed by atoms with Crippen molar-refractivity contribution < 1.29 is 9.53 Å². The lowest BCUT2D eigenvalue weighted by atomic mass is 9.86. The van der Waals surface area contributed by atoms with E-state index in [0.717, 1.165) is 59.7 Å². The van der Waals surface area contributed by atoms with Gasteiger partial charge in [0.25, 0.3) is 0 Å². The predicted octanol–water partition coefficient (Wildman–Crippen LogP) is 2.64. The summed E-state index contributed by atoms with van der Waals surface area (Å²) in [4.78, 5) is 28.9. The monoisotopic (exact) mass is 448 g/mol. The smallest absolute Gasteiger partial charge is 0.250 e. The topological polar surface area (TPSA) is 92.3 Å². The summed E-state index contributed by atoms with van der Waals surface area (Å²) in [5.41, 5.74) is 4.52. The molecule has 1 amide bonds. The maximum absolute atomic E-state index is 13.0. The van der Waals surface area contributed by atoms with Gasteiger partial charge in [0.2, 0.25) is 5.91 Å². The number of hydrogen-bond donors (Lipinski definition) is 2. The Morgan fingerprint density at radius 3 is 2.88 bits per heavy atom. The first-order valence-electron chi connectivity index (χ1n) is 12.0. The van der Waals surface area contributed by atoms with Crippen molar-refractivity contribution in [2.45, 2.75) is 26.2 Å². The second-order valence-corrected chi connectivity index (χ2v) is 9.20. The fourth-order valence-corrected chi connectivity index (χ4v) is 4.88. The molecule has 3 aliphatic rings. The van der Waals surface area contributed by atoms with Crippen molar-refractivity contribution in [2.75, 3.05) is 51.3 Å². The van der Waals surface area contributed by atoms with Gasteiger partial charge in [0.1, 0.15) is 5.52 Å². The van der Waals surface area contributed by atoms with E-state index in [-0.39, 0.29) is 11.8 Å². The van der Waals surface area contributed by atoms with Gasteiger partial charge in [0.05, 0.1) is 24.4 Å². The first-order valence-corrected chi connectivity index (χ1v) is 12.0. The second-order valence-electron chi connectivity index (χ2n) is 9.20. The van der Waals surface area contributed by atoms with Gasteiger partial charge in [0, 0.05) is 37.6 Å². The highest BCUT2D eigenvalue weighted by Crippen LogP contribution is 2.33. The lowest BCUT2D eigenvalue weighted by Crippen LogP contribution is -2.42. The van der Waals surface area contributed by atoms with Crippen molar-refractivity contribution in [2.24, 2.45) is 11.8 Å². The van der Waals surface area contributed by atoms with Crippen LogP contribution in [-0.2, 0) is 9.53 Å². The van der Waals surface area contributed by atoms with Gasteiger partial charge in [-0.15, -0.1) is 0 Å². The average molecular weight is 449 g/mol. The Morgan fingerprint density at radius 1 is 1.24 bits per heavy atom. The van der Waals surface area contributed by atoms with Crippen molar-refractivity contribution >= 4 is 28.3 Å². The number of anilines is 1. The minimum absolute atomic E-state index is 0.127. The number of nitrogens with one attached hydrogen (secondary N) is 2. The predicted molar refractivity (Wildman–Crippen MR) is 129 cm³/mol. The highest BCUT2D eigenvalue weighted by Gasteiger charge is 2.27. The number of piperidine rings is 1. The number of rotatable bonds is 5. The third kappa shape index (κ3) is 4.91. The van der Waals surface area contributed by atoms with Crippen LogP contribution in [0, 0.1) is 11.8 Å². The number of carbonyl (C=O) groups is 1. The largest absolute Gasteiger partial charge is 0.378 e. The Hall–Kier alpha value is -2.84. The number of pyridine rings is 1. The molecular formula is C25H32N6O2. The molecule has 2 unspecified atom stereocenters. The third-order valence-corrected chi connectivity index (χ3v) is 6.81. The molecule has 2 N–H and O–H groups in total. The number of amides is 1. The Labute approximate surface area is 194 Å². The molecule has 2 aromatic heterocycles. The van der Waals surface area contributed by atoms with E-state index < -0.39 is 0 Å². The van der Waals surface area contributed by atoms with Crippen molar-refractivity contribution in [3.8, 4) is 0 Å². The number of aromatic nitrogens is 3. The van der Waals surface area contributed by atoms with Crippen LogP contribution in [-0.4, -0.2) is 71.7 Å². The molecule has 5 rings (SSSR count). The minimum atomic E-state index is 0.127. The van der Waals surface area contributed by atoms with E-state index >= 15 is 0 Å². The second kappa shape index (κ2) is 9.97. The first-order chi connectivity index (χ1) is 16.2. The maximum atomic E-state index is 13.0. The van der Waals surface area contributed by atoms with E-state index in [1.54, 1.807) is 12.4 Å². The van der Waals surface area contributed by atoms with Crippen molar-refractivity contribution in [1.29, 1.82) is 0 Å². The summed E-state index contributed by atoms with van der Waals surface area (Å²) in [5.74, 6) is 1.63. The summed E-state index contributed by atoms with van der Waals surface area (Å²) in [6, 6.07) is 2.01. The van der Waals surface area contributed by atoms with Crippen LogP contribution < -0.4 is 10.6 Å². The number of morpholine rings is 1. The van der Waals surface area contributed by atoms with Gasteiger partial charge in [0.15, 0.2) is 5.82 Å².